The van der Waals surface area contributed by atoms with Crippen LogP contribution in [0.15, 0.2) is 18.2 Å². The van der Waals surface area contributed by atoms with Crippen molar-refractivity contribution >= 4 is 11.8 Å². The number of nitrogens with one attached hydrogen (secondary N) is 1. The van der Waals surface area contributed by atoms with Gasteiger partial charge in [-0.15, -0.1) is 0 Å². The van der Waals surface area contributed by atoms with Crippen LogP contribution in [-0.4, -0.2) is 63.3 Å². The molecule has 1 fully saturated rings. The topological polar surface area (TPSA) is 77.1 Å². The van der Waals surface area contributed by atoms with Gasteiger partial charge in [0.1, 0.15) is 17.5 Å². The van der Waals surface area contributed by atoms with Crippen molar-refractivity contribution in [2.75, 3.05) is 40.5 Å². The number of methoxy groups -OCH3 is 2. The van der Waals surface area contributed by atoms with Crippen LogP contribution in [0.2, 0.25) is 0 Å². The lowest BCUT2D eigenvalue weighted by molar-refractivity contribution is -0.136. The molecule has 1 saturated heterocycles. The zero-order chi connectivity index (χ0) is 16.8. The van der Waals surface area contributed by atoms with E-state index < -0.39 is 6.04 Å². The summed E-state index contributed by atoms with van der Waals surface area (Å²) in [5.74, 6) is 0.468. The standard InChI is InChI=1S/C16H22N2O5/c1-11(16(20)18-6-8-23-9-7-18)17-15(19)13-10-12(21-2)4-5-14(13)22-3/h4-5,10-11H,6-9H2,1-3H3,(H,17,19). The lowest BCUT2D eigenvalue weighted by atomic mass is 10.1. The van der Waals surface area contributed by atoms with Crippen molar-refractivity contribution in [2.45, 2.75) is 13.0 Å². The van der Waals surface area contributed by atoms with Gasteiger partial charge in [-0.1, -0.05) is 0 Å². The molecule has 0 saturated carbocycles. The number of carbonyl (C=O) groups is 2. The van der Waals surface area contributed by atoms with E-state index in [1.54, 1.807) is 30.0 Å². The predicted molar refractivity (Wildman–Crippen MR) is 83.9 cm³/mol. The first kappa shape index (κ1) is 17.1. The van der Waals surface area contributed by atoms with Crippen LogP contribution >= 0.6 is 0 Å². The van der Waals surface area contributed by atoms with Gasteiger partial charge in [0.2, 0.25) is 5.91 Å². The van der Waals surface area contributed by atoms with E-state index in [0.29, 0.717) is 43.4 Å². The third kappa shape index (κ3) is 4.13. The molecule has 1 aromatic carbocycles. The summed E-state index contributed by atoms with van der Waals surface area (Å²) in [6.07, 6.45) is 0. The first-order valence-electron chi connectivity index (χ1n) is 7.46. The summed E-state index contributed by atoms with van der Waals surface area (Å²) in [6.45, 7) is 3.80. The van der Waals surface area contributed by atoms with E-state index in [1.165, 1.54) is 14.2 Å². The van der Waals surface area contributed by atoms with Crippen molar-refractivity contribution < 1.29 is 23.8 Å². The molecular weight excluding hydrogens is 300 g/mol. The molecule has 7 nitrogen and oxygen atoms in total. The molecule has 7 heteroatoms. The molecule has 0 radical (unpaired) electrons. The van der Waals surface area contributed by atoms with Gasteiger partial charge in [0.25, 0.3) is 5.91 Å². The highest BCUT2D eigenvalue weighted by atomic mass is 16.5. The number of amides is 2. The predicted octanol–water partition coefficient (Wildman–Crippen LogP) is 0.681. The lowest BCUT2D eigenvalue weighted by Crippen LogP contribution is -2.50. The van der Waals surface area contributed by atoms with Crippen LogP contribution in [0, 0.1) is 0 Å². The van der Waals surface area contributed by atoms with E-state index in [9.17, 15) is 9.59 Å². The highest BCUT2D eigenvalue weighted by Gasteiger charge is 2.25. The first-order chi connectivity index (χ1) is 11.1. The highest BCUT2D eigenvalue weighted by molar-refractivity contribution is 5.99. The third-order valence-electron chi connectivity index (χ3n) is 3.69. The fraction of sp³-hybridized carbons (Fsp3) is 0.500. The molecule has 1 heterocycles. The summed E-state index contributed by atoms with van der Waals surface area (Å²) in [5, 5.41) is 2.71. The second kappa shape index (κ2) is 7.82. The first-order valence-corrected chi connectivity index (χ1v) is 7.46. The summed E-state index contributed by atoms with van der Waals surface area (Å²) in [7, 11) is 3.01. The zero-order valence-corrected chi connectivity index (χ0v) is 13.6. The number of hydrogen-bond acceptors (Lipinski definition) is 5. The smallest absolute Gasteiger partial charge is 0.255 e. The fourth-order valence-electron chi connectivity index (χ4n) is 2.39. The lowest BCUT2D eigenvalue weighted by Gasteiger charge is -2.29. The van der Waals surface area contributed by atoms with Crippen LogP contribution in [0.5, 0.6) is 11.5 Å². The Hall–Kier alpha value is -2.28. The minimum atomic E-state index is -0.628. The van der Waals surface area contributed by atoms with E-state index >= 15 is 0 Å². The minimum absolute atomic E-state index is 0.122. The van der Waals surface area contributed by atoms with E-state index in [-0.39, 0.29) is 11.8 Å². The van der Waals surface area contributed by atoms with Gasteiger partial charge in [0.15, 0.2) is 0 Å². The van der Waals surface area contributed by atoms with Gasteiger partial charge in [0.05, 0.1) is 33.0 Å². The molecule has 1 aliphatic heterocycles. The van der Waals surface area contributed by atoms with E-state index in [2.05, 4.69) is 5.32 Å². The molecule has 0 aromatic heterocycles. The Bertz CT molecular complexity index is 570. The Morgan fingerprint density at radius 1 is 1.22 bits per heavy atom. The Kier molecular flexibility index (Phi) is 5.81. The average Bonchev–Trinajstić information content (AvgIpc) is 2.61. The van der Waals surface area contributed by atoms with Crippen LogP contribution in [0.1, 0.15) is 17.3 Å². The van der Waals surface area contributed by atoms with Crippen molar-refractivity contribution in [3.63, 3.8) is 0 Å². The molecule has 1 aliphatic rings. The summed E-state index contributed by atoms with van der Waals surface area (Å²) >= 11 is 0. The summed E-state index contributed by atoms with van der Waals surface area (Å²) in [4.78, 5) is 26.5. The molecule has 126 valence electrons. The van der Waals surface area contributed by atoms with Gasteiger partial charge in [-0.05, 0) is 25.1 Å². The maximum absolute atomic E-state index is 12.4. The van der Waals surface area contributed by atoms with E-state index in [0.717, 1.165) is 0 Å². The van der Waals surface area contributed by atoms with Crippen LogP contribution in [0.3, 0.4) is 0 Å². The molecular formula is C16H22N2O5. The third-order valence-corrected chi connectivity index (χ3v) is 3.69. The van der Waals surface area contributed by atoms with Gasteiger partial charge in [-0.2, -0.15) is 0 Å². The molecule has 1 aromatic rings. The molecule has 2 amide bonds. The number of benzene rings is 1. The molecule has 1 N–H and O–H groups in total. The number of morpholine rings is 1. The molecule has 23 heavy (non-hydrogen) atoms. The number of nitrogens with zero attached hydrogens (tertiary/aromatic N) is 1. The molecule has 2 rings (SSSR count). The Morgan fingerprint density at radius 3 is 2.52 bits per heavy atom. The number of carbonyl (C=O) groups excluding carboxylic acids is 2. The van der Waals surface area contributed by atoms with Crippen LogP contribution < -0.4 is 14.8 Å². The largest absolute Gasteiger partial charge is 0.497 e. The average molecular weight is 322 g/mol. The molecule has 0 spiro atoms. The monoisotopic (exact) mass is 322 g/mol. The Morgan fingerprint density at radius 2 is 1.91 bits per heavy atom. The minimum Gasteiger partial charge on any atom is -0.497 e. The van der Waals surface area contributed by atoms with E-state index in [4.69, 9.17) is 14.2 Å². The SMILES string of the molecule is COc1ccc(OC)c(C(=O)NC(C)C(=O)N2CCOCC2)c1. The van der Waals surface area contributed by atoms with Crippen molar-refractivity contribution in [3.05, 3.63) is 23.8 Å². The number of ether oxygens (including phenoxy) is 3. The molecule has 0 aliphatic carbocycles. The van der Waals surface area contributed by atoms with E-state index in [1.807, 2.05) is 0 Å². The van der Waals surface area contributed by atoms with Crippen LogP contribution in [0.25, 0.3) is 0 Å². The second-order valence-corrected chi connectivity index (χ2v) is 5.20. The Balaban J connectivity index is 2.07. The molecule has 1 atom stereocenters. The van der Waals surface area contributed by atoms with Crippen molar-refractivity contribution in [1.82, 2.24) is 10.2 Å². The van der Waals surface area contributed by atoms with Crippen molar-refractivity contribution in [1.29, 1.82) is 0 Å². The summed E-state index contributed by atoms with van der Waals surface area (Å²) in [6, 6.07) is 4.32. The summed E-state index contributed by atoms with van der Waals surface area (Å²) < 4.78 is 15.5. The summed E-state index contributed by atoms with van der Waals surface area (Å²) in [5.41, 5.74) is 0.327. The number of hydrogen-bond donors (Lipinski definition) is 1. The van der Waals surface area contributed by atoms with Gasteiger partial charge in [-0.25, -0.2) is 0 Å². The van der Waals surface area contributed by atoms with Gasteiger partial charge < -0.3 is 24.4 Å². The normalized spacial score (nSPS) is 15.7. The van der Waals surface area contributed by atoms with Gasteiger partial charge in [0, 0.05) is 13.1 Å². The second-order valence-electron chi connectivity index (χ2n) is 5.20. The Labute approximate surface area is 135 Å². The number of rotatable bonds is 5. The van der Waals surface area contributed by atoms with Gasteiger partial charge in [-0.3, -0.25) is 9.59 Å². The molecule has 1 unspecified atom stereocenters. The fourth-order valence-corrected chi connectivity index (χ4v) is 2.39. The zero-order valence-electron chi connectivity index (χ0n) is 13.6. The quantitative estimate of drug-likeness (QED) is 0.863. The maximum Gasteiger partial charge on any atom is 0.255 e. The van der Waals surface area contributed by atoms with Crippen molar-refractivity contribution in [2.24, 2.45) is 0 Å². The van der Waals surface area contributed by atoms with Crippen LogP contribution in [0.4, 0.5) is 0 Å². The van der Waals surface area contributed by atoms with Crippen LogP contribution in [-0.2, 0) is 9.53 Å². The van der Waals surface area contributed by atoms with Gasteiger partial charge >= 0.3 is 0 Å². The highest BCUT2D eigenvalue weighted by Crippen LogP contribution is 2.23. The maximum atomic E-state index is 12.4. The molecule has 0 bridgehead atoms. The van der Waals surface area contributed by atoms with Crippen molar-refractivity contribution in [3.8, 4) is 11.5 Å².